The first-order chi connectivity index (χ1) is 9.11. The number of rotatable bonds is 2. The van der Waals surface area contributed by atoms with Gasteiger partial charge < -0.3 is 5.32 Å². The Hall–Kier alpha value is -0.810. The second-order valence-electron chi connectivity index (χ2n) is 3.88. The van der Waals surface area contributed by atoms with E-state index in [-0.39, 0.29) is 0 Å². The molecule has 0 aliphatic carbocycles. The summed E-state index contributed by atoms with van der Waals surface area (Å²) in [6.07, 6.45) is 0. The van der Waals surface area contributed by atoms with E-state index in [9.17, 15) is 0 Å². The maximum atomic E-state index is 6.14. The number of hydrogen-bond acceptors (Lipinski definition) is 3. The van der Waals surface area contributed by atoms with Crippen molar-refractivity contribution in [2.45, 2.75) is 0 Å². The van der Waals surface area contributed by atoms with Crippen molar-refractivity contribution in [3.05, 3.63) is 50.9 Å². The number of anilines is 2. The topological polar surface area (TPSA) is 24.9 Å². The van der Waals surface area contributed by atoms with Gasteiger partial charge in [0, 0.05) is 9.50 Å². The van der Waals surface area contributed by atoms with Crippen LogP contribution in [0.3, 0.4) is 0 Å². The Morgan fingerprint density at radius 2 is 1.95 bits per heavy atom. The monoisotopic (exact) mass is 372 g/mol. The summed E-state index contributed by atoms with van der Waals surface area (Å²) in [5.41, 5.74) is 1.74. The van der Waals surface area contributed by atoms with Gasteiger partial charge >= 0.3 is 0 Å². The summed E-state index contributed by atoms with van der Waals surface area (Å²) >= 11 is 17.1. The summed E-state index contributed by atoms with van der Waals surface area (Å²) in [4.78, 5) is 4.49. The van der Waals surface area contributed by atoms with E-state index < -0.39 is 0 Å². The number of hydrogen-bond donors (Lipinski definition) is 1. The molecule has 0 spiro atoms. The molecule has 0 aliphatic rings. The SMILES string of the molecule is Clc1ccc2nc(Nc3cc(Br)ccc3Cl)sc2c1. The average molecular weight is 374 g/mol. The van der Waals surface area contributed by atoms with Crippen LogP contribution in [-0.2, 0) is 0 Å². The Labute approximate surface area is 132 Å². The maximum Gasteiger partial charge on any atom is 0.188 e. The van der Waals surface area contributed by atoms with Crippen LogP contribution in [0.15, 0.2) is 40.9 Å². The van der Waals surface area contributed by atoms with Crippen molar-refractivity contribution < 1.29 is 0 Å². The molecule has 0 fully saturated rings. The van der Waals surface area contributed by atoms with Gasteiger partial charge in [-0.15, -0.1) is 0 Å². The number of nitrogens with one attached hydrogen (secondary N) is 1. The van der Waals surface area contributed by atoms with Crippen LogP contribution in [0.2, 0.25) is 10.0 Å². The number of halogens is 3. The summed E-state index contributed by atoms with van der Waals surface area (Å²) in [5.74, 6) is 0. The highest BCUT2D eigenvalue weighted by Gasteiger charge is 2.07. The van der Waals surface area contributed by atoms with Gasteiger partial charge in [0.05, 0.1) is 20.9 Å². The van der Waals surface area contributed by atoms with Crippen molar-refractivity contribution in [1.29, 1.82) is 0 Å². The molecule has 96 valence electrons. The highest BCUT2D eigenvalue weighted by molar-refractivity contribution is 9.10. The van der Waals surface area contributed by atoms with Gasteiger partial charge in [-0.25, -0.2) is 4.98 Å². The lowest BCUT2D eigenvalue weighted by molar-refractivity contribution is 1.44. The van der Waals surface area contributed by atoms with Gasteiger partial charge in [0.15, 0.2) is 5.13 Å². The highest BCUT2D eigenvalue weighted by atomic mass is 79.9. The second kappa shape index (κ2) is 5.29. The molecular formula is C13H7BrCl2N2S. The van der Waals surface area contributed by atoms with Crippen LogP contribution in [0.4, 0.5) is 10.8 Å². The fraction of sp³-hybridized carbons (Fsp3) is 0. The molecule has 0 unspecified atom stereocenters. The van der Waals surface area contributed by atoms with Crippen LogP contribution in [0.1, 0.15) is 0 Å². The van der Waals surface area contributed by atoms with Crippen LogP contribution in [-0.4, -0.2) is 4.98 Å². The Balaban J connectivity index is 1.98. The predicted molar refractivity (Wildman–Crippen MR) is 87.1 cm³/mol. The molecule has 6 heteroatoms. The zero-order valence-corrected chi connectivity index (χ0v) is 13.4. The Kier molecular flexibility index (Phi) is 3.67. The molecule has 3 rings (SSSR count). The first-order valence-corrected chi connectivity index (χ1v) is 7.76. The van der Waals surface area contributed by atoms with Crippen LogP contribution < -0.4 is 5.32 Å². The van der Waals surface area contributed by atoms with Crippen molar-refractivity contribution in [2.75, 3.05) is 5.32 Å². The molecular weight excluding hydrogens is 367 g/mol. The number of fused-ring (bicyclic) bond motifs is 1. The summed E-state index contributed by atoms with van der Waals surface area (Å²) in [6, 6.07) is 11.3. The summed E-state index contributed by atoms with van der Waals surface area (Å²) in [6.45, 7) is 0. The van der Waals surface area contributed by atoms with Gasteiger partial charge in [-0.2, -0.15) is 0 Å². The van der Waals surface area contributed by atoms with Gasteiger partial charge in [-0.1, -0.05) is 50.5 Å². The second-order valence-corrected chi connectivity index (χ2v) is 6.67. The molecule has 2 nitrogen and oxygen atoms in total. The van der Waals surface area contributed by atoms with E-state index in [2.05, 4.69) is 26.2 Å². The van der Waals surface area contributed by atoms with E-state index in [1.807, 2.05) is 36.4 Å². The smallest absolute Gasteiger partial charge is 0.188 e. The third-order valence-corrected chi connectivity index (χ3v) is 4.51. The molecule has 0 amide bonds. The normalized spacial score (nSPS) is 10.9. The van der Waals surface area contributed by atoms with Gasteiger partial charge in [-0.05, 0) is 36.4 Å². The fourth-order valence-corrected chi connectivity index (χ4v) is 3.34. The molecule has 3 aromatic rings. The van der Waals surface area contributed by atoms with E-state index in [4.69, 9.17) is 23.2 Å². The van der Waals surface area contributed by atoms with Crippen LogP contribution in [0.25, 0.3) is 10.2 Å². The lowest BCUT2D eigenvalue weighted by Crippen LogP contribution is -1.90. The number of benzene rings is 2. The molecule has 0 aliphatic heterocycles. The Morgan fingerprint density at radius 1 is 1.11 bits per heavy atom. The third-order valence-electron chi connectivity index (χ3n) is 2.52. The highest BCUT2D eigenvalue weighted by Crippen LogP contribution is 2.33. The molecule has 0 atom stereocenters. The number of nitrogens with zero attached hydrogens (tertiary/aromatic N) is 1. The first-order valence-electron chi connectivity index (χ1n) is 5.40. The standard InChI is InChI=1S/C13H7BrCl2N2S/c14-7-1-3-9(16)11(5-7)18-13-17-10-4-2-8(15)6-12(10)19-13/h1-6H,(H,17,18). The lowest BCUT2D eigenvalue weighted by Gasteiger charge is -2.05. The van der Waals surface area contributed by atoms with Crippen LogP contribution >= 0.6 is 50.5 Å². The van der Waals surface area contributed by atoms with Gasteiger partial charge in [0.25, 0.3) is 0 Å². The van der Waals surface area contributed by atoms with Crippen molar-refractivity contribution in [3.8, 4) is 0 Å². The van der Waals surface area contributed by atoms with Crippen LogP contribution in [0, 0.1) is 0 Å². The van der Waals surface area contributed by atoms with Crippen molar-refractivity contribution >= 4 is 71.5 Å². The summed E-state index contributed by atoms with van der Waals surface area (Å²) in [5, 5.41) is 5.38. The zero-order chi connectivity index (χ0) is 13.4. The minimum atomic E-state index is 0.653. The van der Waals surface area contributed by atoms with E-state index in [1.54, 1.807) is 11.3 Å². The number of thiazole rings is 1. The fourth-order valence-electron chi connectivity index (χ4n) is 1.66. The van der Waals surface area contributed by atoms with Crippen molar-refractivity contribution in [3.63, 3.8) is 0 Å². The van der Waals surface area contributed by atoms with Gasteiger partial charge in [0.2, 0.25) is 0 Å². The summed E-state index contributed by atoms with van der Waals surface area (Å²) in [7, 11) is 0. The number of aromatic nitrogens is 1. The van der Waals surface area contributed by atoms with E-state index in [0.717, 1.165) is 25.5 Å². The molecule has 0 saturated heterocycles. The van der Waals surface area contributed by atoms with E-state index in [0.29, 0.717) is 10.0 Å². The van der Waals surface area contributed by atoms with Gasteiger partial charge in [-0.3, -0.25) is 0 Å². The minimum absolute atomic E-state index is 0.653. The molecule has 0 bridgehead atoms. The molecule has 2 aromatic carbocycles. The quantitative estimate of drug-likeness (QED) is 0.586. The molecule has 1 aromatic heterocycles. The predicted octanol–water partition coefficient (Wildman–Crippen LogP) is 6.11. The van der Waals surface area contributed by atoms with E-state index in [1.165, 1.54) is 0 Å². The maximum absolute atomic E-state index is 6.14. The molecule has 1 N–H and O–H groups in total. The zero-order valence-electron chi connectivity index (χ0n) is 9.45. The minimum Gasteiger partial charge on any atom is -0.330 e. The molecule has 1 heterocycles. The average Bonchev–Trinajstić information content (AvgIpc) is 2.75. The lowest BCUT2D eigenvalue weighted by atomic mass is 10.3. The van der Waals surface area contributed by atoms with Crippen molar-refractivity contribution in [2.24, 2.45) is 0 Å². The molecule has 19 heavy (non-hydrogen) atoms. The Bertz CT molecular complexity index is 757. The van der Waals surface area contributed by atoms with Crippen LogP contribution in [0.5, 0.6) is 0 Å². The Morgan fingerprint density at radius 3 is 2.79 bits per heavy atom. The van der Waals surface area contributed by atoms with Crippen molar-refractivity contribution in [1.82, 2.24) is 4.98 Å². The summed E-state index contributed by atoms with van der Waals surface area (Å²) < 4.78 is 2.00. The van der Waals surface area contributed by atoms with E-state index >= 15 is 0 Å². The van der Waals surface area contributed by atoms with Gasteiger partial charge in [0.1, 0.15) is 0 Å². The molecule has 0 radical (unpaired) electrons. The third kappa shape index (κ3) is 2.87. The molecule has 0 saturated carbocycles. The largest absolute Gasteiger partial charge is 0.330 e. The first kappa shape index (κ1) is 13.2.